The molecule has 7 nitrogen and oxygen atoms in total. The van der Waals surface area contributed by atoms with Gasteiger partial charge in [0.05, 0.1) is 5.69 Å². The fourth-order valence-electron chi connectivity index (χ4n) is 3.31. The van der Waals surface area contributed by atoms with Gasteiger partial charge < -0.3 is 10.6 Å². The standard InChI is InChI=1S/C22H25N5O2S/c1-13-9-14(2)20(15(3)10-13)24-22(29)21-16(4)27(26-25-21)12-19(28)23-17-7-6-8-18(11-17)30-5/h6-11H,12H2,1-5H3,(H,23,28)(H,24,29). The van der Waals surface area contributed by atoms with Gasteiger partial charge in [-0.2, -0.15) is 0 Å². The summed E-state index contributed by atoms with van der Waals surface area (Å²) in [6, 6.07) is 11.6. The van der Waals surface area contributed by atoms with Crippen molar-refractivity contribution in [3.05, 3.63) is 64.5 Å². The number of amides is 2. The van der Waals surface area contributed by atoms with Crippen LogP contribution in [0.1, 0.15) is 32.9 Å². The summed E-state index contributed by atoms with van der Waals surface area (Å²) in [5, 5.41) is 13.8. The highest BCUT2D eigenvalue weighted by molar-refractivity contribution is 7.98. The van der Waals surface area contributed by atoms with Gasteiger partial charge in [-0.05, 0) is 63.3 Å². The van der Waals surface area contributed by atoms with Gasteiger partial charge in [0.25, 0.3) is 5.91 Å². The lowest BCUT2D eigenvalue weighted by Gasteiger charge is -2.12. The summed E-state index contributed by atoms with van der Waals surface area (Å²) in [6.07, 6.45) is 1.98. The molecule has 1 aromatic heterocycles. The minimum Gasteiger partial charge on any atom is -0.324 e. The van der Waals surface area contributed by atoms with Crippen molar-refractivity contribution < 1.29 is 9.59 Å². The zero-order valence-corrected chi connectivity index (χ0v) is 18.6. The molecule has 3 rings (SSSR count). The molecular weight excluding hydrogens is 398 g/mol. The summed E-state index contributed by atoms with van der Waals surface area (Å²) in [6.45, 7) is 7.62. The van der Waals surface area contributed by atoms with Gasteiger partial charge in [0.1, 0.15) is 6.54 Å². The number of nitrogens with one attached hydrogen (secondary N) is 2. The predicted octanol–water partition coefficient (Wildman–Crippen LogP) is 4.12. The lowest BCUT2D eigenvalue weighted by molar-refractivity contribution is -0.117. The number of anilines is 2. The Kier molecular flexibility index (Phi) is 6.56. The average molecular weight is 424 g/mol. The minimum absolute atomic E-state index is 0.0296. The smallest absolute Gasteiger partial charge is 0.278 e. The number of rotatable bonds is 6. The van der Waals surface area contributed by atoms with Crippen LogP contribution in [0.3, 0.4) is 0 Å². The number of thioether (sulfide) groups is 1. The molecule has 156 valence electrons. The number of carbonyl (C=O) groups excluding carboxylic acids is 2. The van der Waals surface area contributed by atoms with E-state index in [1.54, 1.807) is 18.7 Å². The monoisotopic (exact) mass is 423 g/mol. The van der Waals surface area contributed by atoms with E-state index in [2.05, 4.69) is 20.9 Å². The molecule has 2 amide bonds. The molecule has 0 saturated carbocycles. The summed E-state index contributed by atoms with van der Waals surface area (Å²) < 4.78 is 1.43. The Morgan fingerprint density at radius 2 is 1.73 bits per heavy atom. The third-order valence-electron chi connectivity index (χ3n) is 4.76. The molecule has 0 fully saturated rings. The van der Waals surface area contributed by atoms with Crippen LogP contribution >= 0.6 is 11.8 Å². The number of nitrogens with zero attached hydrogens (tertiary/aromatic N) is 3. The van der Waals surface area contributed by atoms with Crippen molar-refractivity contribution in [2.24, 2.45) is 0 Å². The topological polar surface area (TPSA) is 88.9 Å². The quantitative estimate of drug-likeness (QED) is 0.582. The first-order chi connectivity index (χ1) is 14.3. The van der Waals surface area contributed by atoms with Crippen LogP contribution in [0.2, 0.25) is 0 Å². The van der Waals surface area contributed by atoms with Crippen LogP contribution in [0.5, 0.6) is 0 Å². The summed E-state index contributed by atoms with van der Waals surface area (Å²) in [4.78, 5) is 26.2. The molecule has 0 radical (unpaired) electrons. The molecule has 0 unspecified atom stereocenters. The Bertz CT molecular complexity index is 1080. The molecule has 0 aliphatic carbocycles. The van der Waals surface area contributed by atoms with Crippen molar-refractivity contribution in [1.29, 1.82) is 0 Å². The van der Waals surface area contributed by atoms with E-state index >= 15 is 0 Å². The third kappa shape index (κ3) is 4.88. The number of aromatic nitrogens is 3. The van der Waals surface area contributed by atoms with E-state index in [1.165, 1.54) is 4.68 Å². The minimum atomic E-state index is -0.345. The largest absolute Gasteiger partial charge is 0.324 e. The highest BCUT2D eigenvalue weighted by Crippen LogP contribution is 2.23. The molecule has 0 aliphatic rings. The van der Waals surface area contributed by atoms with Crippen LogP contribution in [-0.4, -0.2) is 33.1 Å². The highest BCUT2D eigenvalue weighted by atomic mass is 32.2. The van der Waals surface area contributed by atoms with Crippen molar-refractivity contribution >= 4 is 35.0 Å². The van der Waals surface area contributed by atoms with Gasteiger partial charge in [-0.15, -0.1) is 16.9 Å². The molecule has 0 saturated heterocycles. The van der Waals surface area contributed by atoms with Crippen LogP contribution in [-0.2, 0) is 11.3 Å². The van der Waals surface area contributed by atoms with Crippen LogP contribution in [0, 0.1) is 27.7 Å². The van der Waals surface area contributed by atoms with E-state index in [4.69, 9.17) is 0 Å². The summed E-state index contributed by atoms with van der Waals surface area (Å²) in [7, 11) is 0. The predicted molar refractivity (Wildman–Crippen MR) is 120 cm³/mol. The van der Waals surface area contributed by atoms with Gasteiger partial charge in [0.15, 0.2) is 5.69 Å². The van der Waals surface area contributed by atoms with Crippen molar-refractivity contribution in [1.82, 2.24) is 15.0 Å². The molecule has 0 aliphatic heterocycles. The van der Waals surface area contributed by atoms with Gasteiger partial charge in [-0.3, -0.25) is 9.59 Å². The summed E-state index contributed by atoms with van der Waals surface area (Å²) in [5.41, 5.74) is 5.32. The normalized spacial score (nSPS) is 10.7. The zero-order chi connectivity index (χ0) is 21.8. The first-order valence-electron chi connectivity index (χ1n) is 9.51. The number of carbonyl (C=O) groups is 2. The van der Waals surface area contributed by atoms with Gasteiger partial charge in [0.2, 0.25) is 5.91 Å². The Balaban J connectivity index is 1.71. The molecule has 30 heavy (non-hydrogen) atoms. The van der Waals surface area contributed by atoms with E-state index in [-0.39, 0.29) is 24.1 Å². The SMILES string of the molecule is CSc1cccc(NC(=O)Cn2nnc(C(=O)Nc3c(C)cc(C)cc3C)c2C)c1. The Morgan fingerprint density at radius 1 is 1.03 bits per heavy atom. The molecule has 2 aromatic carbocycles. The molecule has 8 heteroatoms. The molecule has 2 N–H and O–H groups in total. The van der Waals surface area contributed by atoms with Crippen LogP contribution in [0.4, 0.5) is 11.4 Å². The third-order valence-corrected chi connectivity index (χ3v) is 5.49. The van der Waals surface area contributed by atoms with Crippen molar-refractivity contribution in [3.63, 3.8) is 0 Å². The van der Waals surface area contributed by atoms with E-state index in [1.807, 2.05) is 63.4 Å². The van der Waals surface area contributed by atoms with Crippen LogP contribution in [0.15, 0.2) is 41.3 Å². The molecular formula is C22H25N5O2S. The number of benzene rings is 2. The second kappa shape index (κ2) is 9.13. The number of hydrogen-bond acceptors (Lipinski definition) is 5. The number of hydrogen-bond donors (Lipinski definition) is 2. The molecule has 1 heterocycles. The lowest BCUT2D eigenvalue weighted by Crippen LogP contribution is -2.21. The molecule has 0 atom stereocenters. The van der Waals surface area contributed by atoms with E-state index in [0.29, 0.717) is 11.4 Å². The molecule has 0 bridgehead atoms. The fraction of sp³-hybridized carbons (Fsp3) is 0.273. The van der Waals surface area contributed by atoms with E-state index < -0.39 is 0 Å². The maximum Gasteiger partial charge on any atom is 0.278 e. The fourth-order valence-corrected chi connectivity index (χ4v) is 3.77. The lowest BCUT2D eigenvalue weighted by atomic mass is 10.0. The maximum atomic E-state index is 12.8. The maximum absolute atomic E-state index is 12.8. The van der Waals surface area contributed by atoms with Crippen LogP contribution < -0.4 is 10.6 Å². The first-order valence-corrected chi connectivity index (χ1v) is 10.7. The van der Waals surface area contributed by atoms with Gasteiger partial charge in [-0.25, -0.2) is 4.68 Å². The zero-order valence-electron chi connectivity index (χ0n) is 17.7. The molecule has 0 spiro atoms. The summed E-state index contributed by atoms with van der Waals surface area (Å²) in [5.74, 6) is -0.583. The average Bonchev–Trinajstić information content (AvgIpc) is 3.05. The Morgan fingerprint density at radius 3 is 2.40 bits per heavy atom. The van der Waals surface area contributed by atoms with Crippen LogP contribution in [0.25, 0.3) is 0 Å². The van der Waals surface area contributed by atoms with Gasteiger partial charge >= 0.3 is 0 Å². The van der Waals surface area contributed by atoms with Gasteiger partial charge in [0, 0.05) is 16.3 Å². The highest BCUT2D eigenvalue weighted by Gasteiger charge is 2.19. The molecule has 3 aromatic rings. The second-order valence-corrected chi connectivity index (χ2v) is 8.07. The Labute approximate surface area is 180 Å². The Hall–Kier alpha value is -3.13. The van der Waals surface area contributed by atoms with E-state index in [0.717, 1.165) is 27.3 Å². The van der Waals surface area contributed by atoms with Gasteiger partial charge in [-0.1, -0.05) is 29.0 Å². The van der Waals surface area contributed by atoms with Crippen molar-refractivity contribution in [2.75, 3.05) is 16.9 Å². The summed E-state index contributed by atoms with van der Waals surface area (Å²) >= 11 is 1.60. The van der Waals surface area contributed by atoms with E-state index in [9.17, 15) is 9.59 Å². The second-order valence-electron chi connectivity index (χ2n) is 7.19. The first kappa shape index (κ1) is 21.6. The van der Waals surface area contributed by atoms with Crippen molar-refractivity contribution in [3.8, 4) is 0 Å². The number of aryl methyl sites for hydroxylation is 3. The van der Waals surface area contributed by atoms with Crippen molar-refractivity contribution in [2.45, 2.75) is 39.1 Å².